The number of furan rings is 1. The molecule has 0 N–H and O–H groups in total. The number of rotatable bonds is 5. The van der Waals surface area contributed by atoms with E-state index in [1.54, 1.807) is 53.0 Å². The Morgan fingerprint density at radius 1 is 1.21 bits per heavy atom. The lowest BCUT2D eigenvalue weighted by molar-refractivity contribution is -0.149. The quantitative estimate of drug-likeness (QED) is 0.613. The maximum absolute atomic E-state index is 14.2. The summed E-state index contributed by atoms with van der Waals surface area (Å²) in [6.07, 6.45) is 2.71. The fourth-order valence-corrected chi connectivity index (χ4v) is 3.86. The highest BCUT2D eigenvalue weighted by Crippen LogP contribution is 2.26. The van der Waals surface area contributed by atoms with E-state index in [4.69, 9.17) is 9.15 Å². The van der Waals surface area contributed by atoms with Crippen LogP contribution in [0.3, 0.4) is 0 Å². The Labute approximate surface area is 167 Å². The van der Waals surface area contributed by atoms with Crippen LogP contribution in [-0.4, -0.2) is 41.0 Å². The number of carbonyl (C=O) groups excluding carboxylic acids is 2. The van der Waals surface area contributed by atoms with E-state index >= 15 is 0 Å². The van der Waals surface area contributed by atoms with Gasteiger partial charge in [-0.25, -0.2) is 4.39 Å². The molecule has 3 heterocycles. The van der Waals surface area contributed by atoms with E-state index in [-0.39, 0.29) is 30.2 Å². The molecule has 0 radical (unpaired) electrons. The van der Waals surface area contributed by atoms with E-state index in [0.29, 0.717) is 49.4 Å². The second-order valence-electron chi connectivity index (χ2n) is 7.20. The molecule has 0 atom stereocenters. The third-order valence-corrected chi connectivity index (χ3v) is 5.43. The molecule has 6 nitrogen and oxygen atoms in total. The number of hydrogen-bond donors (Lipinski definition) is 0. The minimum Gasteiger partial charge on any atom is -0.466 e. The van der Waals surface area contributed by atoms with Gasteiger partial charge in [0, 0.05) is 30.8 Å². The van der Waals surface area contributed by atoms with Gasteiger partial charge in [0.1, 0.15) is 11.5 Å². The molecule has 1 aliphatic rings. The van der Waals surface area contributed by atoms with Crippen LogP contribution in [0.15, 0.2) is 47.1 Å². The number of halogens is 1. The topological polar surface area (TPSA) is 64.7 Å². The monoisotopic (exact) mass is 398 g/mol. The molecule has 0 unspecified atom stereocenters. The predicted octanol–water partition coefficient (Wildman–Crippen LogP) is 3.84. The van der Waals surface area contributed by atoms with Crippen molar-refractivity contribution in [2.24, 2.45) is 5.92 Å². The first-order valence-electron chi connectivity index (χ1n) is 9.84. The van der Waals surface area contributed by atoms with Crippen LogP contribution in [0.2, 0.25) is 0 Å². The molecule has 1 saturated heterocycles. The summed E-state index contributed by atoms with van der Waals surface area (Å²) < 4.78 is 26.6. The highest BCUT2D eigenvalue weighted by atomic mass is 19.1. The minimum atomic E-state index is -0.313. The molecule has 0 bridgehead atoms. The van der Waals surface area contributed by atoms with Crippen molar-refractivity contribution in [3.8, 4) is 0 Å². The van der Waals surface area contributed by atoms with Gasteiger partial charge in [0.15, 0.2) is 5.58 Å². The Morgan fingerprint density at radius 3 is 2.69 bits per heavy atom. The number of benzene rings is 1. The standard InChI is InChI=1S/C22H23FN2O4/c1-2-28-22(27)15-7-10-24(11-8-15)21(26)19-13-20-18(9-12-29-20)25(19)14-16-5-3-4-6-17(16)23/h3-6,9,12-13,15H,2,7-8,10-11,14H2,1H3. The van der Waals surface area contributed by atoms with Crippen molar-refractivity contribution in [2.75, 3.05) is 19.7 Å². The number of nitrogens with zero attached hydrogens (tertiary/aromatic N) is 2. The van der Waals surface area contributed by atoms with E-state index in [1.165, 1.54) is 6.07 Å². The summed E-state index contributed by atoms with van der Waals surface area (Å²) in [6.45, 7) is 3.34. The predicted molar refractivity (Wildman–Crippen MR) is 105 cm³/mol. The van der Waals surface area contributed by atoms with Gasteiger partial charge in [0.2, 0.25) is 0 Å². The second kappa shape index (κ2) is 8.11. The Bertz CT molecular complexity index is 1030. The number of aromatic nitrogens is 1. The zero-order valence-electron chi connectivity index (χ0n) is 16.3. The fourth-order valence-electron chi connectivity index (χ4n) is 3.86. The summed E-state index contributed by atoms with van der Waals surface area (Å²) in [6, 6.07) is 10.0. The van der Waals surface area contributed by atoms with Crippen LogP contribution in [0.5, 0.6) is 0 Å². The van der Waals surface area contributed by atoms with Gasteiger partial charge in [-0.1, -0.05) is 18.2 Å². The Hall–Kier alpha value is -3.09. The van der Waals surface area contributed by atoms with Crippen molar-refractivity contribution in [2.45, 2.75) is 26.3 Å². The Balaban J connectivity index is 1.56. The molecule has 152 valence electrons. The maximum Gasteiger partial charge on any atom is 0.309 e. The summed E-state index contributed by atoms with van der Waals surface area (Å²) in [7, 11) is 0. The molecule has 1 aromatic carbocycles. The van der Waals surface area contributed by atoms with Gasteiger partial charge in [-0.05, 0) is 25.8 Å². The average molecular weight is 398 g/mol. The molecular formula is C22H23FN2O4. The highest BCUT2D eigenvalue weighted by Gasteiger charge is 2.30. The van der Waals surface area contributed by atoms with E-state index in [2.05, 4.69) is 0 Å². The molecule has 4 rings (SSSR count). The molecule has 0 spiro atoms. The largest absolute Gasteiger partial charge is 0.466 e. The molecule has 1 aliphatic heterocycles. The zero-order valence-corrected chi connectivity index (χ0v) is 16.3. The van der Waals surface area contributed by atoms with Gasteiger partial charge in [-0.15, -0.1) is 0 Å². The average Bonchev–Trinajstić information content (AvgIpc) is 3.32. The molecule has 0 aliphatic carbocycles. The van der Waals surface area contributed by atoms with Gasteiger partial charge in [-0.3, -0.25) is 9.59 Å². The highest BCUT2D eigenvalue weighted by molar-refractivity contribution is 5.97. The first kappa shape index (κ1) is 19.2. The SMILES string of the molecule is CCOC(=O)C1CCN(C(=O)c2cc3occc3n2Cc2ccccc2F)CC1. The number of fused-ring (bicyclic) bond motifs is 1. The third-order valence-electron chi connectivity index (χ3n) is 5.43. The summed E-state index contributed by atoms with van der Waals surface area (Å²) in [4.78, 5) is 26.9. The van der Waals surface area contributed by atoms with E-state index in [1.807, 2.05) is 0 Å². The van der Waals surface area contributed by atoms with Crippen molar-refractivity contribution in [3.05, 3.63) is 59.7 Å². The fraction of sp³-hybridized carbons (Fsp3) is 0.364. The van der Waals surface area contributed by atoms with Crippen molar-refractivity contribution >= 4 is 23.0 Å². The van der Waals surface area contributed by atoms with Crippen molar-refractivity contribution in [3.63, 3.8) is 0 Å². The van der Waals surface area contributed by atoms with Crippen molar-refractivity contribution in [1.29, 1.82) is 0 Å². The van der Waals surface area contributed by atoms with Crippen LogP contribution in [0, 0.1) is 11.7 Å². The summed E-state index contributed by atoms with van der Waals surface area (Å²) in [5.41, 5.74) is 2.29. The van der Waals surface area contributed by atoms with Gasteiger partial charge >= 0.3 is 5.97 Å². The Kier molecular flexibility index (Phi) is 5.38. The molecule has 1 amide bonds. The number of likely N-dealkylation sites (tertiary alicyclic amines) is 1. The number of ether oxygens (including phenoxy) is 1. The number of piperidine rings is 1. The summed E-state index contributed by atoms with van der Waals surface area (Å²) in [5.74, 6) is -0.818. The number of amides is 1. The normalized spacial score (nSPS) is 15.0. The van der Waals surface area contributed by atoms with Gasteiger partial charge < -0.3 is 18.6 Å². The molecular weight excluding hydrogens is 375 g/mol. The molecule has 7 heteroatoms. The lowest BCUT2D eigenvalue weighted by Gasteiger charge is -2.31. The summed E-state index contributed by atoms with van der Waals surface area (Å²) >= 11 is 0. The van der Waals surface area contributed by atoms with E-state index in [9.17, 15) is 14.0 Å². The third kappa shape index (κ3) is 3.77. The van der Waals surface area contributed by atoms with Crippen LogP contribution in [0.25, 0.3) is 11.1 Å². The first-order valence-corrected chi connectivity index (χ1v) is 9.84. The lowest BCUT2D eigenvalue weighted by Crippen LogP contribution is -2.41. The molecule has 2 aromatic heterocycles. The van der Waals surface area contributed by atoms with Gasteiger partial charge in [0.05, 0.1) is 30.8 Å². The number of carbonyl (C=O) groups is 2. The van der Waals surface area contributed by atoms with Crippen LogP contribution >= 0.6 is 0 Å². The van der Waals surface area contributed by atoms with Gasteiger partial charge in [0.25, 0.3) is 5.91 Å². The molecule has 3 aromatic rings. The maximum atomic E-state index is 14.2. The van der Waals surface area contributed by atoms with Crippen LogP contribution in [0.4, 0.5) is 4.39 Å². The second-order valence-corrected chi connectivity index (χ2v) is 7.20. The smallest absolute Gasteiger partial charge is 0.309 e. The zero-order chi connectivity index (χ0) is 20.4. The molecule has 29 heavy (non-hydrogen) atoms. The first-order chi connectivity index (χ1) is 14.1. The molecule has 1 fully saturated rings. The van der Waals surface area contributed by atoms with Crippen LogP contribution < -0.4 is 0 Å². The van der Waals surface area contributed by atoms with E-state index < -0.39 is 0 Å². The van der Waals surface area contributed by atoms with Crippen molar-refractivity contribution in [1.82, 2.24) is 9.47 Å². The van der Waals surface area contributed by atoms with Crippen LogP contribution in [0.1, 0.15) is 35.8 Å². The van der Waals surface area contributed by atoms with Crippen molar-refractivity contribution < 1.29 is 23.1 Å². The molecule has 0 saturated carbocycles. The van der Waals surface area contributed by atoms with Gasteiger partial charge in [-0.2, -0.15) is 0 Å². The number of esters is 1. The minimum absolute atomic E-state index is 0.143. The van der Waals surface area contributed by atoms with E-state index in [0.717, 1.165) is 5.52 Å². The number of hydrogen-bond acceptors (Lipinski definition) is 4. The lowest BCUT2D eigenvalue weighted by atomic mass is 9.97. The Morgan fingerprint density at radius 2 is 1.97 bits per heavy atom. The summed E-state index contributed by atoms with van der Waals surface area (Å²) in [5, 5.41) is 0. The van der Waals surface area contributed by atoms with Crippen LogP contribution in [-0.2, 0) is 16.1 Å².